The maximum Gasteiger partial charge on any atom is 0.343 e. The molecule has 0 atom stereocenters. The molecule has 272 valence electrons. The zero-order chi connectivity index (χ0) is 36.8. The zero-order valence-electron chi connectivity index (χ0n) is 31.2. The van der Waals surface area contributed by atoms with Crippen LogP contribution in [0.25, 0.3) is 11.1 Å². The van der Waals surface area contributed by atoms with Crippen LogP contribution < -0.4 is 9.47 Å². The van der Waals surface area contributed by atoms with Gasteiger partial charge < -0.3 is 9.47 Å². The third-order valence-corrected chi connectivity index (χ3v) is 9.99. The Hall–Kier alpha value is -5.43. The Morgan fingerprint density at radius 3 is 1.77 bits per heavy atom. The van der Waals surface area contributed by atoms with Crippen LogP contribution in [-0.4, -0.2) is 12.6 Å². The summed E-state index contributed by atoms with van der Waals surface area (Å²) in [4.78, 5) is 12.9. The van der Waals surface area contributed by atoms with Gasteiger partial charge in [0, 0.05) is 0 Å². The van der Waals surface area contributed by atoms with Gasteiger partial charge in [0.05, 0.1) is 34.9 Å². The van der Waals surface area contributed by atoms with Gasteiger partial charge in [-0.2, -0.15) is 20.5 Å². The largest absolute Gasteiger partial charge is 0.494 e. The van der Waals surface area contributed by atoms with Crippen molar-refractivity contribution in [1.29, 1.82) is 0 Å². The number of hydrogen-bond acceptors (Lipinski definition) is 7. The molecule has 5 aromatic rings. The standard InChI is InChI=1S/C46H50N4O3/c1-4-6-7-8-34-9-11-35(12-10-34)36-13-15-37(16-14-36)38-19-27-43(28-20-38)53-46(51)39-17-21-40(22-18-39)47-48-41-23-25-42(26-24-41)49-50-45-30-29-44(32-33(45)3)52-31-5-2/h13-30,32,34-35H,4-12,31H2,1-3H3. The van der Waals surface area contributed by atoms with Crippen LogP contribution in [0, 0.1) is 12.8 Å². The summed E-state index contributed by atoms with van der Waals surface area (Å²) in [6.07, 6.45) is 11.8. The third kappa shape index (κ3) is 10.8. The molecular formula is C46H50N4O3. The molecule has 0 bridgehead atoms. The minimum atomic E-state index is -0.425. The second kappa shape index (κ2) is 18.9. The van der Waals surface area contributed by atoms with E-state index in [1.807, 2.05) is 73.7 Å². The number of azo groups is 2. The van der Waals surface area contributed by atoms with Gasteiger partial charge in [0.25, 0.3) is 0 Å². The monoisotopic (exact) mass is 706 g/mol. The van der Waals surface area contributed by atoms with E-state index in [1.165, 1.54) is 56.9 Å². The molecule has 0 N–H and O–H groups in total. The summed E-state index contributed by atoms with van der Waals surface area (Å²) in [5.74, 6) is 2.52. The number of benzene rings is 5. The molecule has 0 aliphatic heterocycles. The summed E-state index contributed by atoms with van der Waals surface area (Å²) in [5.41, 5.74) is 7.95. The number of esters is 1. The maximum absolute atomic E-state index is 12.9. The molecule has 0 spiro atoms. The molecule has 53 heavy (non-hydrogen) atoms. The summed E-state index contributed by atoms with van der Waals surface area (Å²) in [6.45, 7) is 7.05. The number of hydrogen-bond donors (Lipinski definition) is 0. The van der Waals surface area contributed by atoms with Crippen LogP contribution in [0.5, 0.6) is 11.5 Å². The Balaban J connectivity index is 0.965. The van der Waals surface area contributed by atoms with Crippen LogP contribution in [0.4, 0.5) is 22.7 Å². The van der Waals surface area contributed by atoms with Crippen LogP contribution >= 0.6 is 0 Å². The number of rotatable bonds is 15. The van der Waals surface area contributed by atoms with Gasteiger partial charge in [-0.25, -0.2) is 4.79 Å². The predicted octanol–water partition coefficient (Wildman–Crippen LogP) is 14.4. The average molecular weight is 707 g/mol. The molecule has 0 radical (unpaired) electrons. The van der Waals surface area contributed by atoms with Gasteiger partial charge in [-0.1, -0.05) is 75.9 Å². The van der Waals surface area contributed by atoms with Gasteiger partial charge in [0.2, 0.25) is 0 Å². The quantitative estimate of drug-likeness (QED) is 0.0470. The van der Waals surface area contributed by atoms with Crippen LogP contribution in [0.3, 0.4) is 0 Å². The van der Waals surface area contributed by atoms with Crippen molar-refractivity contribution in [1.82, 2.24) is 0 Å². The normalized spacial score (nSPS) is 15.9. The van der Waals surface area contributed by atoms with Gasteiger partial charge >= 0.3 is 5.97 Å². The lowest BCUT2D eigenvalue weighted by molar-refractivity contribution is 0.0735. The first-order valence-electron chi connectivity index (χ1n) is 19.2. The second-order valence-electron chi connectivity index (χ2n) is 14.0. The Morgan fingerprint density at radius 1 is 0.623 bits per heavy atom. The van der Waals surface area contributed by atoms with E-state index in [2.05, 4.69) is 58.6 Å². The Kier molecular flexibility index (Phi) is 13.3. The molecule has 0 heterocycles. The smallest absolute Gasteiger partial charge is 0.343 e. The van der Waals surface area contributed by atoms with E-state index in [4.69, 9.17) is 9.47 Å². The van der Waals surface area contributed by atoms with Gasteiger partial charge in [-0.15, -0.1) is 0 Å². The van der Waals surface area contributed by atoms with Crippen molar-refractivity contribution in [2.75, 3.05) is 6.61 Å². The summed E-state index contributed by atoms with van der Waals surface area (Å²) in [5, 5.41) is 17.4. The fourth-order valence-corrected chi connectivity index (χ4v) is 6.82. The number of carbonyl (C=O) groups excluding carboxylic acids is 1. The van der Waals surface area contributed by atoms with Crippen LogP contribution in [0.2, 0.25) is 0 Å². The first-order chi connectivity index (χ1) is 26.0. The summed E-state index contributed by atoms with van der Waals surface area (Å²) < 4.78 is 11.4. The molecule has 0 saturated heterocycles. The van der Waals surface area contributed by atoms with E-state index in [1.54, 1.807) is 24.3 Å². The Bertz CT molecular complexity index is 1960. The predicted molar refractivity (Wildman–Crippen MR) is 214 cm³/mol. The van der Waals surface area contributed by atoms with Crippen molar-refractivity contribution in [3.05, 3.63) is 132 Å². The third-order valence-electron chi connectivity index (χ3n) is 9.99. The van der Waals surface area contributed by atoms with Crippen molar-refractivity contribution in [2.45, 2.75) is 84.5 Å². The van der Waals surface area contributed by atoms with Crippen molar-refractivity contribution < 1.29 is 14.3 Å². The van der Waals surface area contributed by atoms with E-state index < -0.39 is 5.97 Å². The number of ether oxygens (including phenoxy) is 2. The maximum atomic E-state index is 12.9. The molecule has 1 fully saturated rings. The number of unbranched alkanes of at least 4 members (excludes halogenated alkanes) is 2. The fourth-order valence-electron chi connectivity index (χ4n) is 6.82. The fraction of sp³-hybridized carbons (Fsp3) is 0.326. The van der Waals surface area contributed by atoms with Gasteiger partial charge in [-0.05, 0) is 152 Å². The lowest BCUT2D eigenvalue weighted by Crippen LogP contribution is -2.13. The van der Waals surface area contributed by atoms with E-state index >= 15 is 0 Å². The topological polar surface area (TPSA) is 85.0 Å². The van der Waals surface area contributed by atoms with Crippen LogP contribution in [0.15, 0.2) is 136 Å². The van der Waals surface area contributed by atoms with E-state index in [-0.39, 0.29) is 0 Å². The van der Waals surface area contributed by atoms with Gasteiger partial charge in [0.1, 0.15) is 11.5 Å². The number of nitrogens with zero attached hydrogens (tertiary/aromatic N) is 4. The minimum Gasteiger partial charge on any atom is -0.494 e. The zero-order valence-corrected chi connectivity index (χ0v) is 31.2. The molecule has 1 aliphatic rings. The Morgan fingerprint density at radius 2 is 1.19 bits per heavy atom. The van der Waals surface area contributed by atoms with Crippen molar-refractivity contribution in [2.24, 2.45) is 26.4 Å². The average Bonchev–Trinajstić information content (AvgIpc) is 3.20. The number of carbonyl (C=O) groups is 1. The van der Waals surface area contributed by atoms with Crippen molar-refractivity contribution in [3.8, 4) is 22.6 Å². The first-order valence-corrected chi connectivity index (χ1v) is 19.2. The molecule has 7 heteroatoms. The lowest BCUT2D eigenvalue weighted by Gasteiger charge is -2.29. The molecular weight excluding hydrogens is 657 g/mol. The van der Waals surface area contributed by atoms with Crippen LogP contribution in [-0.2, 0) is 0 Å². The summed E-state index contributed by atoms with van der Waals surface area (Å²) >= 11 is 0. The summed E-state index contributed by atoms with van der Waals surface area (Å²) in [7, 11) is 0. The van der Waals surface area contributed by atoms with E-state index in [0.29, 0.717) is 40.9 Å². The molecule has 0 aromatic heterocycles. The first kappa shape index (κ1) is 37.3. The Labute approximate surface area is 314 Å². The molecule has 1 saturated carbocycles. The highest BCUT2D eigenvalue weighted by molar-refractivity contribution is 5.91. The van der Waals surface area contributed by atoms with Gasteiger partial charge in [0.15, 0.2) is 0 Å². The van der Waals surface area contributed by atoms with E-state index in [9.17, 15) is 4.79 Å². The van der Waals surface area contributed by atoms with Crippen molar-refractivity contribution in [3.63, 3.8) is 0 Å². The van der Waals surface area contributed by atoms with Crippen molar-refractivity contribution >= 4 is 28.7 Å². The number of aryl methyl sites for hydroxylation is 1. The molecule has 6 rings (SSSR count). The van der Waals surface area contributed by atoms with Gasteiger partial charge in [-0.3, -0.25) is 0 Å². The van der Waals surface area contributed by atoms with E-state index in [0.717, 1.165) is 40.5 Å². The molecule has 0 amide bonds. The molecule has 1 aliphatic carbocycles. The highest BCUT2D eigenvalue weighted by Crippen LogP contribution is 2.38. The summed E-state index contributed by atoms with van der Waals surface area (Å²) in [6, 6.07) is 36.8. The van der Waals surface area contributed by atoms with Crippen LogP contribution in [0.1, 0.15) is 99.0 Å². The molecule has 0 unspecified atom stereocenters. The highest BCUT2D eigenvalue weighted by Gasteiger charge is 2.22. The highest BCUT2D eigenvalue weighted by atomic mass is 16.5. The SMILES string of the molecule is CCCCCC1CCC(c2ccc(-c3ccc(OC(=O)c4ccc(N=Nc5ccc(N=Nc6ccc(OCCC)cc6C)cc5)cc4)cc3)cc2)CC1. The molecule has 5 aromatic carbocycles. The second-order valence-corrected chi connectivity index (χ2v) is 14.0. The lowest BCUT2D eigenvalue weighted by atomic mass is 9.77. The molecule has 7 nitrogen and oxygen atoms in total. The minimum absolute atomic E-state index is 0.425.